The SMILES string of the molecule is Cc1cccc2c(=O)[nH]c(/C(Cl)=C/c3cnn4ccccc34)nc12. The average Bonchev–Trinajstić information content (AvgIpc) is 2.99. The molecule has 118 valence electrons. The minimum absolute atomic E-state index is 0.204. The van der Waals surface area contributed by atoms with Crippen LogP contribution in [-0.4, -0.2) is 19.6 Å². The topological polar surface area (TPSA) is 63.0 Å². The standard InChI is InChI=1S/C18H13ClN4O/c1-11-5-4-6-13-16(11)21-17(22-18(13)24)14(19)9-12-10-20-23-8-3-2-7-15(12)23/h2-10H,1H3,(H,21,22,24)/b14-9-. The Morgan fingerprint density at radius 1 is 1.25 bits per heavy atom. The van der Waals surface area contributed by atoms with Crippen LogP contribution in [0.25, 0.3) is 27.5 Å². The van der Waals surface area contributed by atoms with Crippen molar-refractivity contribution in [2.45, 2.75) is 6.92 Å². The molecule has 5 nitrogen and oxygen atoms in total. The molecule has 0 aliphatic heterocycles. The lowest BCUT2D eigenvalue weighted by atomic mass is 10.1. The zero-order chi connectivity index (χ0) is 16.7. The number of pyridine rings is 1. The summed E-state index contributed by atoms with van der Waals surface area (Å²) in [6, 6.07) is 11.3. The van der Waals surface area contributed by atoms with Crippen molar-refractivity contribution < 1.29 is 0 Å². The first-order chi connectivity index (χ1) is 11.6. The predicted octanol–water partition coefficient (Wildman–Crippen LogP) is 3.62. The predicted molar refractivity (Wildman–Crippen MR) is 96.0 cm³/mol. The number of nitrogens with zero attached hydrogens (tertiary/aromatic N) is 3. The highest BCUT2D eigenvalue weighted by Crippen LogP contribution is 2.22. The van der Waals surface area contributed by atoms with Crippen molar-refractivity contribution >= 4 is 39.1 Å². The minimum atomic E-state index is -0.204. The van der Waals surface area contributed by atoms with Gasteiger partial charge in [0.15, 0.2) is 5.82 Å². The van der Waals surface area contributed by atoms with Crippen LogP contribution in [0.4, 0.5) is 0 Å². The monoisotopic (exact) mass is 336 g/mol. The van der Waals surface area contributed by atoms with Gasteiger partial charge in [0.2, 0.25) is 0 Å². The van der Waals surface area contributed by atoms with E-state index in [1.165, 1.54) is 0 Å². The van der Waals surface area contributed by atoms with Crippen molar-refractivity contribution in [3.05, 3.63) is 76.1 Å². The van der Waals surface area contributed by atoms with E-state index in [-0.39, 0.29) is 5.56 Å². The van der Waals surface area contributed by atoms with E-state index in [0.717, 1.165) is 16.6 Å². The van der Waals surface area contributed by atoms with Crippen molar-refractivity contribution in [2.24, 2.45) is 0 Å². The summed E-state index contributed by atoms with van der Waals surface area (Å²) in [4.78, 5) is 19.5. The van der Waals surface area contributed by atoms with Crippen LogP contribution in [0.15, 0.2) is 53.6 Å². The number of nitrogens with one attached hydrogen (secondary N) is 1. The van der Waals surface area contributed by atoms with Crippen LogP contribution in [0, 0.1) is 6.92 Å². The summed E-state index contributed by atoms with van der Waals surface area (Å²) in [5, 5.41) is 5.18. The largest absolute Gasteiger partial charge is 0.305 e. The number of aromatic amines is 1. The van der Waals surface area contributed by atoms with E-state index in [2.05, 4.69) is 15.1 Å². The van der Waals surface area contributed by atoms with Gasteiger partial charge in [-0.25, -0.2) is 9.50 Å². The first-order valence-electron chi connectivity index (χ1n) is 7.43. The lowest BCUT2D eigenvalue weighted by molar-refractivity contribution is 0.961. The first kappa shape index (κ1) is 14.7. The molecule has 0 amide bonds. The van der Waals surface area contributed by atoms with Crippen LogP contribution in [0.5, 0.6) is 0 Å². The second-order valence-corrected chi connectivity index (χ2v) is 5.92. The molecule has 0 saturated heterocycles. The summed E-state index contributed by atoms with van der Waals surface area (Å²) >= 11 is 6.41. The van der Waals surface area contributed by atoms with Crippen LogP contribution in [-0.2, 0) is 0 Å². The number of rotatable bonds is 2. The summed E-state index contributed by atoms with van der Waals surface area (Å²) in [5.41, 5.74) is 3.16. The Balaban J connectivity index is 1.88. The van der Waals surface area contributed by atoms with Crippen LogP contribution >= 0.6 is 11.6 Å². The summed E-state index contributed by atoms with van der Waals surface area (Å²) in [5.74, 6) is 0.346. The molecular formula is C18H13ClN4O. The van der Waals surface area contributed by atoms with Crippen molar-refractivity contribution in [3.63, 3.8) is 0 Å². The number of aromatic nitrogens is 4. The molecule has 0 bridgehead atoms. The van der Waals surface area contributed by atoms with Gasteiger partial charge in [-0.15, -0.1) is 0 Å². The third-order valence-electron chi connectivity index (χ3n) is 3.90. The molecule has 0 saturated carbocycles. The molecule has 1 aromatic carbocycles. The molecule has 1 N–H and O–H groups in total. The normalized spacial score (nSPS) is 12.2. The summed E-state index contributed by atoms with van der Waals surface area (Å²) in [7, 11) is 0. The van der Waals surface area contributed by atoms with Gasteiger partial charge in [0.05, 0.1) is 27.6 Å². The zero-order valence-corrected chi connectivity index (χ0v) is 13.6. The highest BCUT2D eigenvalue weighted by Gasteiger charge is 2.09. The Kier molecular flexibility index (Phi) is 3.43. The maximum absolute atomic E-state index is 12.3. The Labute approximate surface area is 142 Å². The number of hydrogen-bond donors (Lipinski definition) is 1. The molecule has 0 radical (unpaired) electrons. The summed E-state index contributed by atoms with van der Waals surface area (Å²) in [6.07, 6.45) is 5.34. The molecule has 0 aliphatic rings. The van der Waals surface area contributed by atoms with E-state index < -0.39 is 0 Å². The molecule has 3 heterocycles. The highest BCUT2D eigenvalue weighted by atomic mass is 35.5. The molecule has 6 heteroatoms. The third kappa shape index (κ3) is 2.39. The van der Waals surface area contributed by atoms with E-state index in [1.807, 2.05) is 43.5 Å². The van der Waals surface area contributed by atoms with E-state index in [4.69, 9.17) is 11.6 Å². The second-order valence-electron chi connectivity index (χ2n) is 5.51. The molecule has 3 aromatic heterocycles. The van der Waals surface area contributed by atoms with Gasteiger partial charge in [-0.05, 0) is 36.8 Å². The summed E-state index contributed by atoms with van der Waals surface area (Å²) < 4.78 is 1.76. The van der Waals surface area contributed by atoms with E-state index >= 15 is 0 Å². The van der Waals surface area contributed by atoms with Crippen molar-refractivity contribution in [2.75, 3.05) is 0 Å². The van der Waals surface area contributed by atoms with Gasteiger partial charge in [-0.3, -0.25) is 4.79 Å². The van der Waals surface area contributed by atoms with E-state index in [1.54, 1.807) is 22.9 Å². The van der Waals surface area contributed by atoms with E-state index in [9.17, 15) is 4.79 Å². The number of H-pyrrole nitrogens is 1. The molecule has 0 aliphatic carbocycles. The van der Waals surface area contributed by atoms with Crippen LogP contribution in [0.3, 0.4) is 0 Å². The Bertz CT molecular complexity index is 1160. The van der Waals surface area contributed by atoms with Gasteiger partial charge < -0.3 is 4.98 Å². The highest BCUT2D eigenvalue weighted by molar-refractivity contribution is 6.50. The molecular weight excluding hydrogens is 324 g/mol. The first-order valence-corrected chi connectivity index (χ1v) is 7.81. The van der Waals surface area contributed by atoms with Crippen molar-refractivity contribution in [1.29, 1.82) is 0 Å². The zero-order valence-electron chi connectivity index (χ0n) is 12.8. The van der Waals surface area contributed by atoms with Gasteiger partial charge in [-0.1, -0.05) is 29.8 Å². The smallest absolute Gasteiger partial charge is 0.259 e. The molecule has 0 unspecified atom stereocenters. The fourth-order valence-corrected chi connectivity index (χ4v) is 2.90. The van der Waals surface area contributed by atoms with Gasteiger partial charge in [-0.2, -0.15) is 5.10 Å². The molecule has 24 heavy (non-hydrogen) atoms. The second kappa shape index (κ2) is 5.62. The molecule has 0 atom stereocenters. The molecule has 0 spiro atoms. The quantitative estimate of drug-likeness (QED) is 0.608. The molecule has 0 fully saturated rings. The number of benzene rings is 1. The van der Waals surface area contributed by atoms with Crippen LogP contribution in [0.1, 0.15) is 17.0 Å². The molecule has 4 rings (SSSR count). The van der Waals surface area contributed by atoms with Crippen LogP contribution < -0.4 is 5.56 Å². The lowest BCUT2D eigenvalue weighted by Gasteiger charge is -2.04. The number of aryl methyl sites for hydroxylation is 1. The Morgan fingerprint density at radius 3 is 3.00 bits per heavy atom. The maximum Gasteiger partial charge on any atom is 0.259 e. The van der Waals surface area contributed by atoms with Gasteiger partial charge >= 0.3 is 0 Å². The van der Waals surface area contributed by atoms with Gasteiger partial charge in [0.1, 0.15) is 0 Å². The van der Waals surface area contributed by atoms with Gasteiger partial charge in [0, 0.05) is 11.8 Å². The number of fused-ring (bicyclic) bond motifs is 2. The van der Waals surface area contributed by atoms with Crippen molar-refractivity contribution in [3.8, 4) is 0 Å². The average molecular weight is 337 g/mol. The number of halogens is 1. The fraction of sp³-hybridized carbons (Fsp3) is 0.0556. The molecule has 4 aromatic rings. The Hall–Kier alpha value is -2.92. The van der Waals surface area contributed by atoms with E-state index in [0.29, 0.717) is 21.8 Å². The fourth-order valence-electron chi connectivity index (χ4n) is 2.69. The summed E-state index contributed by atoms with van der Waals surface area (Å²) in [6.45, 7) is 1.92. The third-order valence-corrected chi connectivity index (χ3v) is 4.19. The van der Waals surface area contributed by atoms with Gasteiger partial charge in [0.25, 0.3) is 5.56 Å². The van der Waals surface area contributed by atoms with Crippen LogP contribution in [0.2, 0.25) is 0 Å². The maximum atomic E-state index is 12.3. The Morgan fingerprint density at radius 2 is 2.12 bits per heavy atom. The lowest BCUT2D eigenvalue weighted by Crippen LogP contribution is -2.11. The number of para-hydroxylation sites is 1. The van der Waals surface area contributed by atoms with Crippen molar-refractivity contribution in [1.82, 2.24) is 19.6 Å². The number of hydrogen-bond acceptors (Lipinski definition) is 3. The minimum Gasteiger partial charge on any atom is -0.305 e.